The standard InChI is InChI=1S/C31H34N6OS/c1-21-10-11-22(2)26(20-21)33-28(38)16-19-37-30(29(34-31(37)39)25-8-5-6-17-32-25)27-9-7-18-36(27)24-14-12-23(13-15-24)35(3)4/h5-15,17-18,20,29-30H,16,19H2,1-4H3,(H,33,38)(H,34,39)/t29-,30-/m1/s1. The highest BCUT2D eigenvalue weighted by atomic mass is 32.1. The van der Waals surface area contributed by atoms with Crippen LogP contribution in [0.4, 0.5) is 11.4 Å². The summed E-state index contributed by atoms with van der Waals surface area (Å²) in [6, 6.07) is 24.3. The number of carbonyl (C=O) groups is 1. The van der Waals surface area contributed by atoms with Gasteiger partial charge in [0, 0.05) is 62.2 Å². The highest BCUT2D eigenvalue weighted by molar-refractivity contribution is 7.80. The van der Waals surface area contributed by atoms with Gasteiger partial charge in [0.25, 0.3) is 0 Å². The van der Waals surface area contributed by atoms with Crippen LogP contribution in [0.25, 0.3) is 5.69 Å². The summed E-state index contributed by atoms with van der Waals surface area (Å²) in [5.41, 5.74) is 7.18. The lowest BCUT2D eigenvalue weighted by Gasteiger charge is -2.29. The van der Waals surface area contributed by atoms with Crippen molar-refractivity contribution in [2.45, 2.75) is 32.4 Å². The predicted molar refractivity (Wildman–Crippen MR) is 161 cm³/mol. The first kappa shape index (κ1) is 26.4. The van der Waals surface area contributed by atoms with Gasteiger partial charge >= 0.3 is 0 Å². The molecule has 1 aliphatic rings. The van der Waals surface area contributed by atoms with Gasteiger partial charge in [-0.3, -0.25) is 9.78 Å². The van der Waals surface area contributed by atoms with Gasteiger partial charge in [-0.1, -0.05) is 18.2 Å². The van der Waals surface area contributed by atoms with Crippen molar-refractivity contribution in [3.8, 4) is 5.69 Å². The summed E-state index contributed by atoms with van der Waals surface area (Å²) in [4.78, 5) is 21.9. The average molecular weight is 539 g/mol. The van der Waals surface area contributed by atoms with E-state index in [1.807, 2.05) is 64.3 Å². The van der Waals surface area contributed by atoms with E-state index in [0.29, 0.717) is 18.1 Å². The van der Waals surface area contributed by atoms with E-state index in [1.54, 1.807) is 6.20 Å². The Morgan fingerprint density at radius 1 is 1.05 bits per heavy atom. The Kier molecular flexibility index (Phi) is 7.65. The molecular weight excluding hydrogens is 504 g/mol. The number of aryl methyl sites for hydroxylation is 2. The second-order valence-corrected chi connectivity index (χ2v) is 10.5. The number of benzene rings is 2. The summed E-state index contributed by atoms with van der Waals surface area (Å²) >= 11 is 5.83. The molecule has 2 N–H and O–H groups in total. The maximum atomic E-state index is 13.0. The van der Waals surface area contributed by atoms with E-state index in [4.69, 9.17) is 12.2 Å². The number of thiocarbonyl (C=S) groups is 1. The molecule has 0 saturated carbocycles. The van der Waals surface area contributed by atoms with Gasteiger partial charge in [0.05, 0.1) is 17.8 Å². The van der Waals surface area contributed by atoms with E-state index in [1.165, 1.54) is 0 Å². The molecule has 2 aromatic heterocycles. The van der Waals surface area contributed by atoms with Crippen LogP contribution in [0.3, 0.4) is 0 Å². The Morgan fingerprint density at radius 3 is 2.56 bits per heavy atom. The lowest BCUT2D eigenvalue weighted by molar-refractivity contribution is -0.116. The summed E-state index contributed by atoms with van der Waals surface area (Å²) in [6.45, 7) is 4.50. The van der Waals surface area contributed by atoms with Crippen LogP contribution in [0.5, 0.6) is 0 Å². The summed E-state index contributed by atoms with van der Waals surface area (Å²) in [5, 5.41) is 7.19. The molecule has 0 spiro atoms. The normalized spacial score (nSPS) is 16.7. The highest BCUT2D eigenvalue weighted by Gasteiger charge is 2.41. The number of pyridine rings is 1. The first-order valence-corrected chi connectivity index (χ1v) is 13.5. The van der Waals surface area contributed by atoms with Crippen molar-refractivity contribution in [2.24, 2.45) is 0 Å². The van der Waals surface area contributed by atoms with Crippen LogP contribution in [0.1, 0.15) is 41.0 Å². The maximum Gasteiger partial charge on any atom is 0.226 e. The summed E-state index contributed by atoms with van der Waals surface area (Å²) in [6.07, 6.45) is 4.18. The zero-order chi connectivity index (χ0) is 27.5. The molecule has 7 nitrogen and oxygen atoms in total. The summed E-state index contributed by atoms with van der Waals surface area (Å²) in [5.74, 6) is -0.0406. The highest BCUT2D eigenvalue weighted by Crippen LogP contribution is 2.39. The minimum Gasteiger partial charge on any atom is -0.378 e. The number of carbonyl (C=O) groups excluding carboxylic acids is 1. The number of hydrogen-bond acceptors (Lipinski definition) is 4. The molecule has 4 aromatic rings. The fourth-order valence-electron chi connectivity index (χ4n) is 5.05. The SMILES string of the molecule is Cc1ccc(C)c(NC(=O)CCN2C(=S)N[C@H](c3ccccn3)[C@H]2c2cccn2-c2ccc(N(C)C)cc2)c1. The van der Waals surface area contributed by atoms with Gasteiger partial charge in [-0.05, 0) is 91.8 Å². The van der Waals surface area contributed by atoms with Crippen molar-refractivity contribution in [3.05, 3.63) is 108 Å². The van der Waals surface area contributed by atoms with Crippen LogP contribution in [0, 0.1) is 13.8 Å². The molecule has 200 valence electrons. The van der Waals surface area contributed by atoms with E-state index in [0.717, 1.165) is 39.6 Å². The first-order chi connectivity index (χ1) is 18.8. The van der Waals surface area contributed by atoms with Gasteiger partial charge < -0.3 is 25.0 Å². The molecule has 0 aliphatic carbocycles. The number of aromatic nitrogens is 2. The zero-order valence-corrected chi connectivity index (χ0v) is 23.6. The first-order valence-electron chi connectivity index (χ1n) is 13.1. The van der Waals surface area contributed by atoms with Gasteiger partial charge in [-0.15, -0.1) is 0 Å². The minimum absolute atomic E-state index is 0.0406. The maximum absolute atomic E-state index is 13.0. The molecule has 0 radical (unpaired) electrons. The zero-order valence-electron chi connectivity index (χ0n) is 22.8. The Hall–Kier alpha value is -4.17. The topological polar surface area (TPSA) is 65.4 Å². The quantitative estimate of drug-likeness (QED) is 0.287. The summed E-state index contributed by atoms with van der Waals surface area (Å²) < 4.78 is 2.19. The molecule has 5 rings (SSSR count). The van der Waals surface area contributed by atoms with Crippen LogP contribution < -0.4 is 15.5 Å². The third kappa shape index (κ3) is 5.66. The van der Waals surface area contributed by atoms with Crippen molar-refractivity contribution in [2.75, 3.05) is 30.9 Å². The van der Waals surface area contributed by atoms with Gasteiger partial charge in [-0.2, -0.15) is 0 Å². The Balaban J connectivity index is 1.44. The average Bonchev–Trinajstić information content (AvgIpc) is 3.54. The molecule has 1 saturated heterocycles. The number of nitrogens with one attached hydrogen (secondary N) is 2. The van der Waals surface area contributed by atoms with Crippen molar-refractivity contribution in [1.82, 2.24) is 19.8 Å². The van der Waals surface area contributed by atoms with Crippen molar-refractivity contribution >= 4 is 34.6 Å². The van der Waals surface area contributed by atoms with E-state index in [2.05, 4.69) is 72.6 Å². The van der Waals surface area contributed by atoms with Crippen LogP contribution in [-0.4, -0.2) is 46.1 Å². The van der Waals surface area contributed by atoms with Gasteiger partial charge in [0.15, 0.2) is 5.11 Å². The van der Waals surface area contributed by atoms with Crippen molar-refractivity contribution in [1.29, 1.82) is 0 Å². The van der Waals surface area contributed by atoms with E-state index in [-0.39, 0.29) is 18.0 Å². The Labute approximate surface area is 235 Å². The third-order valence-electron chi connectivity index (χ3n) is 7.17. The number of anilines is 2. The molecule has 1 amide bonds. The molecule has 3 heterocycles. The Morgan fingerprint density at radius 2 is 1.85 bits per heavy atom. The van der Waals surface area contributed by atoms with E-state index >= 15 is 0 Å². The molecule has 2 atom stereocenters. The monoisotopic (exact) mass is 538 g/mol. The molecule has 39 heavy (non-hydrogen) atoms. The lowest BCUT2D eigenvalue weighted by Crippen LogP contribution is -2.33. The molecule has 1 fully saturated rings. The second kappa shape index (κ2) is 11.3. The third-order valence-corrected chi connectivity index (χ3v) is 7.52. The molecule has 2 aromatic carbocycles. The molecule has 1 aliphatic heterocycles. The Bertz CT molecular complexity index is 1460. The predicted octanol–water partition coefficient (Wildman–Crippen LogP) is 5.56. The number of hydrogen-bond donors (Lipinski definition) is 2. The van der Waals surface area contributed by atoms with Crippen LogP contribution in [0.2, 0.25) is 0 Å². The molecule has 0 unspecified atom stereocenters. The van der Waals surface area contributed by atoms with Gasteiger partial charge in [-0.25, -0.2) is 0 Å². The molecule has 8 heteroatoms. The lowest BCUT2D eigenvalue weighted by atomic mass is 10.0. The smallest absolute Gasteiger partial charge is 0.226 e. The number of nitrogens with zero attached hydrogens (tertiary/aromatic N) is 4. The molecule has 0 bridgehead atoms. The second-order valence-electron chi connectivity index (χ2n) is 10.2. The largest absolute Gasteiger partial charge is 0.378 e. The van der Waals surface area contributed by atoms with E-state index in [9.17, 15) is 4.79 Å². The van der Waals surface area contributed by atoms with Crippen LogP contribution in [-0.2, 0) is 4.79 Å². The fourth-order valence-corrected chi connectivity index (χ4v) is 5.39. The van der Waals surface area contributed by atoms with Gasteiger partial charge in [0.1, 0.15) is 0 Å². The number of amides is 1. The van der Waals surface area contributed by atoms with Gasteiger partial charge in [0.2, 0.25) is 5.91 Å². The van der Waals surface area contributed by atoms with Crippen molar-refractivity contribution in [3.63, 3.8) is 0 Å². The van der Waals surface area contributed by atoms with Crippen molar-refractivity contribution < 1.29 is 4.79 Å². The minimum atomic E-state index is -0.157. The van der Waals surface area contributed by atoms with Crippen LogP contribution >= 0.6 is 12.2 Å². The summed E-state index contributed by atoms with van der Waals surface area (Å²) in [7, 11) is 4.07. The van der Waals surface area contributed by atoms with E-state index < -0.39 is 0 Å². The van der Waals surface area contributed by atoms with Crippen LogP contribution in [0.15, 0.2) is 85.2 Å². The number of rotatable bonds is 8. The molecular formula is C31H34N6OS. The fraction of sp³-hybridized carbons (Fsp3) is 0.258.